The maximum atomic E-state index is 11.8. The van der Waals surface area contributed by atoms with Gasteiger partial charge in [0, 0.05) is 19.1 Å². The van der Waals surface area contributed by atoms with Gasteiger partial charge in [0.05, 0.1) is 12.2 Å². The summed E-state index contributed by atoms with van der Waals surface area (Å²) < 4.78 is 25.0. The Morgan fingerprint density at radius 2 is 2.00 bits per heavy atom. The molecule has 17 heavy (non-hydrogen) atoms. The summed E-state index contributed by atoms with van der Waals surface area (Å²) in [5.41, 5.74) is 5.77. The van der Waals surface area contributed by atoms with E-state index < -0.39 is 16.0 Å². The van der Waals surface area contributed by atoms with Crippen molar-refractivity contribution < 1.29 is 18.3 Å². The van der Waals surface area contributed by atoms with Crippen LogP contribution in [0.15, 0.2) is 0 Å². The monoisotopic (exact) mass is 264 g/mol. The predicted octanol–water partition coefficient (Wildman–Crippen LogP) is -0.150. The molecule has 1 rings (SSSR count). The number of hydrogen-bond donors (Lipinski definition) is 2. The molecule has 7 heteroatoms. The van der Waals surface area contributed by atoms with Gasteiger partial charge in [-0.25, -0.2) is 12.7 Å². The summed E-state index contributed by atoms with van der Waals surface area (Å²) in [6, 6.07) is 0.0823. The van der Waals surface area contributed by atoms with Crippen LogP contribution in [0.3, 0.4) is 0 Å². The molecule has 1 aliphatic heterocycles. The van der Waals surface area contributed by atoms with Crippen molar-refractivity contribution in [2.45, 2.75) is 32.2 Å². The van der Waals surface area contributed by atoms with Crippen LogP contribution in [0.5, 0.6) is 0 Å². The highest BCUT2D eigenvalue weighted by Crippen LogP contribution is 2.21. The number of nitrogens with two attached hydrogens (primary N) is 1. The van der Waals surface area contributed by atoms with Gasteiger partial charge in [0.2, 0.25) is 10.0 Å². The molecule has 1 saturated heterocycles. The largest absolute Gasteiger partial charge is 0.481 e. The van der Waals surface area contributed by atoms with Crippen LogP contribution in [0.4, 0.5) is 0 Å². The molecule has 1 aliphatic rings. The van der Waals surface area contributed by atoms with E-state index in [4.69, 9.17) is 10.8 Å². The van der Waals surface area contributed by atoms with Gasteiger partial charge in [-0.2, -0.15) is 0 Å². The zero-order valence-corrected chi connectivity index (χ0v) is 10.8. The van der Waals surface area contributed by atoms with Crippen LogP contribution in [0.1, 0.15) is 26.2 Å². The van der Waals surface area contributed by atoms with Crippen molar-refractivity contribution in [3.63, 3.8) is 0 Å². The first-order valence-electron chi connectivity index (χ1n) is 5.78. The minimum atomic E-state index is -3.42. The number of sulfonamides is 1. The molecule has 1 heterocycles. The van der Waals surface area contributed by atoms with Gasteiger partial charge in [-0.05, 0) is 25.7 Å². The lowest BCUT2D eigenvalue weighted by molar-refractivity contribution is -0.136. The van der Waals surface area contributed by atoms with Crippen molar-refractivity contribution in [3.05, 3.63) is 0 Å². The normalized spacial score (nSPS) is 21.3. The van der Waals surface area contributed by atoms with E-state index in [2.05, 4.69) is 0 Å². The molecule has 0 aromatic heterocycles. The molecular formula is C10H20N2O4S. The first-order chi connectivity index (χ1) is 7.83. The number of carbonyl (C=O) groups is 1. The van der Waals surface area contributed by atoms with Crippen LogP contribution >= 0.6 is 0 Å². The van der Waals surface area contributed by atoms with Crippen LogP contribution in [0.25, 0.3) is 0 Å². The fourth-order valence-corrected chi connectivity index (χ4v) is 3.48. The van der Waals surface area contributed by atoms with Crippen molar-refractivity contribution >= 4 is 16.0 Å². The molecule has 1 fully saturated rings. The van der Waals surface area contributed by atoms with Gasteiger partial charge in [-0.1, -0.05) is 0 Å². The molecule has 6 nitrogen and oxygen atoms in total. The molecule has 0 aromatic rings. The number of carboxylic acids is 1. The summed E-state index contributed by atoms with van der Waals surface area (Å²) >= 11 is 0. The molecule has 1 atom stereocenters. The Hall–Kier alpha value is -0.660. The first kappa shape index (κ1) is 14.4. The number of hydrogen-bond acceptors (Lipinski definition) is 4. The van der Waals surface area contributed by atoms with E-state index >= 15 is 0 Å². The van der Waals surface area contributed by atoms with Gasteiger partial charge in [0.15, 0.2) is 0 Å². The molecule has 0 saturated carbocycles. The van der Waals surface area contributed by atoms with E-state index in [0.29, 0.717) is 19.0 Å². The van der Waals surface area contributed by atoms with Gasteiger partial charge in [-0.3, -0.25) is 4.79 Å². The summed E-state index contributed by atoms with van der Waals surface area (Å²) in [5.74, 6) is -1.04. The Bertz CT molecular complexity index is 359. The van der Waals surface area contributed by atoms with Crippen molar-refractivity contribution in [1.29, 1.82) is 0 Å². The molecule has 0 bridgehead atoms. The second-order valence-electron chi connectivity index (χ2n) is 4.56. The number of piperidine rings is 1. The topological polar surface area (TPSA) is 101 Å². The van der Waals surface area contributed by atoms with Crippen LogP contribution in [-0.2, 0) is 14.8 Å². The second kappa shape index (κ2) is 5.79. The van der Waals surface area contributed by atoms with Gasteiger partial charge < -0.3 is 10.8 Å². The van der Waals surface area contributed by atoms with Crippen molar-refractivity contribution in [2.24, 2.45) is 11.7 Å². The highest BCUT2D eigenvalue weighted by atomic mass is 32.2. The Morgan fingerprint density at radius 1 is 1.47 bits per heavy atom. The van der Waals surface area contributed by atoms with Crippen LogP contribution in [0.2, 0.25) is 0 Å². The van der Waals surface area contributed by atoms with Crippen LogP contribution in [-0.4, -0.2) is 48.7 Å². The van der Waals surface area contributed by atoms with E-state index in [1.165, 1.54) is 4.31 Å². The SMILES string of the molecule is CC(N)C1CCN(S(=O)(=O)CCC(=O)O)CC1. The van der Waals surface area contributed by atoms with E-state index in [1.807, 2.05) is 6.92 Å². The summed E-state index contributed by atoms with van der Waals surface area (Å²) in [5, 5.41) is 8.49. The average Bonchev–Trinajstić information content (AvgIpc) is 2.27. The Kier molecular flexibility index (Phi) is 4.91. The summed E-state index contributed by atoms with van der Waals surface area (Å²) in [6.45, 7) is 2.83. The maximum Gasteiger partial charge on any atom is 0.304 e. The Morgan fingerprint density at radius 3 is 2.41 bits per heavy atom. The first-order valence-corrected chi connectivity index (χ1v) is 7.39. The highest BCUT2D eigenvalue weighted by molar-refractivity contribution is 7.89. The zero-order valence-electron chi connectivity index (χ0n) is 10.0. The van der Waals surface area contributed by atoms with E-state index in [1.54, 1.807) is 0 Å². The van der Waals surface area contributed by atoms with E-state index in [9.17, 15) is 13.2 Å². The molecule has 100 valence electrons. The summed E-state index contributed by atoms with van der Waals surface area (Å²) in [7, 11) is -3.42. The molecule has 0 aliphatic carbocycles. The molecule has 1 unspecified atom stereocenters. The second-order valence-corrected chi connectivity index (χ2v) is 6.64. The van der Waals surface area contributed by atoms with Crippen LogP contribution < -0.4 is 5.73 Å². The standard InChI is InChI=1S/C10H20N2O4S/c1-8(11)9-2-5-12(6-3-9)17(15,16)7-4-10(13)14/h8-9H,2-7,11H2,1H3,(H,13,14). The number of aliphatic carboxylic acids is 1. The van der Waals surface area contributed by atoms with Gasteiger partial charge in [0.1, 0.15) is 0 Å². The van der Waals surface area contributed by atoms with Crippen molar-refractivity contribution in [2.75, 3.05) is 18.8 Å². The quantitative estimate of drug-likeness (QED) is 0.719. The molecule has 0 spiro atoms. The third-order valence-electron chi connectivity index (χ3n) is 3.21. The van der Waals surface area contributed by atoms with E-state index in [-0.39, 0.29) is 18.2 Å². The zero-order chi connectivity index (χ0) is 13.1. The smallest absolute Gasteiger partial charge is 0.304 e. The van der Waals surface area contributed by atoms with Crippen LogP contribution in [0, 0.1) is 5.92 Å². The minimum absolute atomic E-state index is 0.0823. The fourth-order valence-electron chi connectivity index (χ4n) is 2.03. The third-order valence-corrected chi connectivity index (χ3v) is 5.08. The third kappa shape index (κ3) is 4.25. The minimum Gasteiger partial charge on any atom is -0.481 e. The van der Waals surface area contributed by atoms with Gasteiger partial charge in [0.25, 0.3) is 0 Å². The lowest BCUT2D eigenvalue weighted by Crippen LogP contribution is -2.43. The van der Waals surface area contributed by atoms with Crippen molar-refractivity contribution in [1.82, 2.24) is 4.31 Å². The molecule has 0 aromatic carbocycles. The average molecular weight is 264 g/mol. The number of nitrogens with zero attached hydrogens (tertiary/aromatic N) is 1. The lowest BCUT2D eigenvalue weighted by atomic mass is 9.92. The molecular weight excluding hydrogens is 244 g/mol. The number of rotatable bonds is 5. The molecule has 0 radical (unpaired) electrons. The van der Waals surface area contributed by atoms with Crippen molar-refractivity contribution in [3.8, 4) is 0 Å². The highest BCUT2D eigenvalue weighted by Gasteiger charge is 2.29. The van der Waals surface area contributed by atoms with E-state index in [0.717, 1.165) is 12.8 Å². The Balaban J connectivity index is 2.50. The predicted molar refractivity (Wildman–Crippen MR) is 64.0 cm³/mol. The van der Waals surface area contributed by atoms with Gasteiger partial charge in [-0.15, -0.1) is 0 Å². The molecule has 0 amide bonds. The lowest BCUT2D eigenvalue weighted by Gasteiger charge is -2.32. The maximum absolute atomic E-state index is 11.8. The fraction of sp³-hybridized carbons (Fsp3) is 0.900. The molecule has 3 N–H and O–H groups in total. The summed E-state index contributed by atoms with van der Waals surface area (Å²) in [6.07, 6.45) is 1.17. The van der Waals surface area contributed by atoms with Gasteiger partial charge >= 0.3 is 5.97 Å². The number of carboxylic acid groups (broad SMARTS) is 1. The summed E-state index contributed by atoms with van der Waals surface area (Å²) in [4.78, 5) is 10.4. The Labute approximate surface area is 102 Å².